The first-order chi connectivity index (χ1) is 16.4. The molecule has 0 heterocycles. The number of carbonyl (C=O) groups excluding carboxylic acids is 2. The Bertz CT molecular complexity index is 1030. The lowest BCUT2D eigenvalue weighted by Crippen LogP contribution is -2.39. The van der Waals surface area contributed by atoms with Crippen LogP contribution in [0.1, 0.15) is 52.9 Å². The molecule has 35 heavy (non-hydrogen) atoms. The molecule has 10 heteroatoms. The van der Waals surface area contributed by atoms with Gasteiger partial charge in [0.1, 0.15) is 18.0 Å². The lowest BCUT2D eigenvalue weighted by molar-refractivity contribution is -0.122. The van der Waals surface area contributed by atoms with E-state index in [-0.39, 0.29) is 47.7 Å². The Morgan fingerprint density at radius 3 is 2.37 bits per heavy atom. The number of benzene rings is 1. The van der Waals surface area contributed by atoms with Crippen molar-refractivity contribution in [2.75, 3.05) is 18.9 Å². The summed E-state index contributed by atoms with van der Waals surface area (Å²) in [6.07, 6.45) is 3.29. The van der Waals surface area contributed by atoms with Crippen molar-refractivity contribution in [3.8, 4) is 5.75 Å². The number of sulfone groups is 1. The van der Waals surface area contributed by atoms with Crippen molar-refractivity contribution in [1.82, 2.24) is 10.6 Å². The maximum absolute atomic E-state index is 13.1. The van der Waals surface area contributed by atoms with Crippen LogP contribution in [0.15, 0.2) is 53.2 Å². The van der Waals surface area contributed by atoms with Crippen molar-refractivity contribution in [2.45, 2.75) is 69.4 Å². The molecule has 0 atom stereocenters. The van der Waals surface area contributed by atoms with Crippen LogP contribution in [0.25, 0.3) is 0 Å². The number of halogens is 1. The molecule has 1 aliphatic rings. The first-order valence-corrected chi connectivity index (χ1v) is 13.2. The summed E-state index contributed by atoms with van der Waals surface area (Å²) in [5, 5.41) is 5.36. The summed E-state index contributed by atoms with van der Waals surface area (Å²) >= 11 is 0. The van der Waals surface area contributed by atoms with Gasteiger partial charge in [-0.05, 0) is 70.7 Å². The Morgan fingerprint density at radius 1 is 1.17 bits per heavy atom. The van der Waals surface area contributed by atoms with Gasteiger partial charge < -0.3 is 20.1 Å². The second-order valence-electron chi connectivity index (χ2n) is 9.59. The minimum Gasteiger partial charge on any atom is -0.489 e. The van der Waals surface area contributed by atoms with Gasteiger partial charge in [-0.25, -0.2) is 17.6 Å². The van der Waals surface area contributed by atoms with E-state index < -0.39 is 21.5 Å². The van der Waals surface area contributed by atoms with Crippen LogP contribution in [0, 0.1) is 0 Å². The van der Waals surface area contributed by atoms with Crippen molar-refractivity contribution in [2.24, 2.45) is 0 Å². The maximum Gasteiger partial charge on any atom is 0.407 e. The first kappa shape index (κ1) is 28.4. The van der Waals surface area contributed by atoms with E-state index in [1.165, 1.54) is 24.3 Å². The Balaban J connectivity index is 1.79. The molecule has 8 nitrogen and oxygen atoms in total. The molecule has 2 N–H and O–H groups in total. The molecule has 0 aromatic heterocycles. The van der Waals surface area contributed by atoms with Crippen molar-refractivity contribution >= 4 is 21.8 Å². The molecule has 0 bridgehead atoms. The van der Waals surface area contributed by atoms with Crippen LogP contribution >= 0.6 is 0 Å². The highest BCUT2D eigenvalue weighted by Gasteiger charge is 2.21. The van der Waals surface area contributed by atoms with Gasteiger partial charge >= 0.3 is 6.09 Å². The number of rotatable bonds is 12. The minimum atomic E-state index is -3.63. The smallest absolute Gasteiger partial charge is 0.407 e. The SMILES string of the molecule is C=C(CCC(=O)NC1CCC1)CS(=O)(=O)c1ccc(OC/C(=C/F)CNC(=O)OC(C)(C)C)cc1. The summed E-state index contributed by atoms with van der Waals surface area (Å²) < 4.78 is 49.1. The van der Waals surface area contributed by atoms with Crippen LogP contribution in [-0.4, -0.2) is 51.0 Å². The van der Waals surface area contributed by atoms with E-state index in [1.807, 2.05) is 0 Å². The summed E-state index contributed by atoms with van der Waals surface area (Å²) in [7, 11) is -3.63. The molecule has 2 rings (SSSR count). The minimum absolute atomic E-state index is 0.0854. The van der Waals surface area contributed by atoms with E-state index in [0.717, 1.165) is 19.3 Å². The van der Waals surface area contributed by atoms with Gasteiger partial charge in [0.15, 0.2) is 9.84 Å². The molecule has 2 amide bonds. The monoisotopic (exact) mass is 510 g/mol. The first-order valence-electron chi connectivity index (χ1n) is 11.5. The quantitative estimate of drug-likeness (QED) is 0.407. The molecular weight excluding hydrogens is 475 g/mol. The number of carbonyl (C=O) groups is 2. The molecule has 1 aromatic carbocycles. The number of hydrogen-bond donors (Lipinski definition) is 2. The highest BCUT2D eigenvalue weighted by atomic mass is 32.2. The molecule has 1 aliphatic carbocycles. The maximum atomic E-state index is 13.1. The van der Waals surface area contributed by atoms with Gasteiger partial charge in [-0.2, -0.15) is 0 Å². The van der Waals surface area contributed by atoms with Crippen LogP contribution < -0.4 is 15.4 Å². The second-order valence-corrected chi connectivity index (χ2v) is 11.6. The fourth-order valence-electron chi connectivity index (χ4n) is 3.11. The van der Waals surface area contributed by atoms with E-state index >= 15 is 0 Å². The normalized spacial score (nSPS) is 14.6. The van der Waals surface area contributed by atoms with Gasteiger partial charge in [-0.1, -0.05) is 12.2 Å². The lowest BCUT2D eigenvalue weighted by atomic mass is 9.93. The predicted octanol–water partition coefficient (Wildman–Crippen LogP) is 4.22. The van der Waals surface area contributed by atoms with Crippen molar-refractivity contribution < 1.29 is 31.9 Å². The van der Waals surface area contributed by atoms with E-state index in [1.54, 1.807) is 20.8 Å². The van der Waals surface area contributed by atoms with Gasteiger partial charge in [0.2, 0.25) is 5.91 Å². The van der Waals surface area contributed by atoms with Gasteiger partial charge in [-0.15, -0.1) is 0 Å². The molecule has 194 valence electrons. The van der Waals surface area contributed by atoms with E-state index in [4.69, 9.17) is 9.47 Å². The Kier molecular flexibility index (Phi) is 10.3. The fraction of sp³-hybridized carbons (Fsp3) is 0.520. The average molecular weight is 511 g/mol. The summed E-state index contributed by atoms with van der Waals surface area (Å²) in [5.74, 6) is -0.000529. The largest absolute Gasteiger partial charge is 0.489 e. The van der Waals surface area contributed by atoms with Crippen LogP contribution in [-0.2, 0) is 19.4 Å². The summed E-state index contributed by atoms with van der Waals surface area (Å²) in [4.78, 5) is 23.7. The second kappa shape index (κ2) is 12.7. The Hall–Kier alpha value is -2.88. The van der Waals surface area contributed by atoms with Crippen LogP contribution in [0.5, 0.6) is 5.75 Å². The molecular formula is C25H35FN2O6S. The van der Waals surface area contributed by atoms with E-state index in [9.17, 15) is 22.4 Å². The zero-order valence-corrected chi connectivity index (χ0v) is 21.4. The molecule has 1 aromatic rings. The zero-order chi connectivity index (χ0) is 26.1. The van der Waals surface area contributed by atoms with Gasteiger partial charge in [0.05, 0.1) is 17.0 Å². The summed E-state index contributed by atoms with van der Waals surface area (Å²) in [6, 6.07) is 5.99. The third-order valence-corrected chi connectivity index (χ3v) is 6.97. The standard InChI is InChI=1S/C25H35FN2O6S/c1-18(8-13-23(29)28-20-6-5-7-20)17-35(31,32)22-11-9-21(10-12-22)33-16-19(14-26)15-27-24(30)34-25(2,3)4/h9-12,14,20H,1,5-8,13,15-17H2,2-4H3,(H,27,30)(H,28,29)/b19-14+. The Morgan fingerprint density at radius 2 is 1.83 bits per heavy atom. The number of alkyl carbamates (subject to hydrolysis) is 1. The third kappa shape index (κ3) is 10.5. The average Bonchev–Trinajstić information content (AvgIpc) is 2.74. The van der Waals surface area contributed by atoms with Crippen molar-refractivity contribution in [3.05, 3.63) is 48.3 Å². The molecule has 1 fully saturated rings. The van der Waals surface area contributed by atoms with Crippen LogP contribution in [0.3, 0.4) is 0 Å². The molecule has 0 unspecified atom stereocenters. The predicted molar refractivity (Wildman–Crippen MR) is 132 cm³/mol. The number of ether oxygens (including phenoxy) is 2. The molecule has 0 aliphatic heterocycles. The third-order valence-electron chi connectivity index (χ3n) is 5.19. The van der Waals surface area contributed by atoms with Gasteiger partial charge in [0.25, 0.3) is 0 Å². The Labute approximate surface area is 206 Å². The molecule has 0 radical (unpaired) electrons. The highest BCUT2D eigenvalue weighted by Crippen LogP contribution is 2.21. The fourth-order valence-corrected chi connectivity index (χ4v) is 4.51. The van der Waals surface area contributed by atoms with Gasteiger partial charge in [0, 0.05) is 24.6 Å². The summed E-state index contributed by atoms with van der Waals surface area (Å²) in [6.45, 7) is 8.73. The lowest BCUT2D eigenvalue weighted by Gasteiger charge is -2.26. The number of amides is 2. The van der Waals surface area contributed by atoms with Crippen molar-refractivity contribution in [1.29, 1.82) is 0 Å². The highest BCUT2D eigenvalue weighted by molar-refractivity contribution is 7.91. The number of hydrogen-bond acceptors (Lipinski definition) is 6. The van der Waals surface area contributed by atoms with Crippen LogP contribution in [0.4, 0.5) is 9.18 Å². The molecule has 0 spiro atoms. The molecule has 1 saturated carbocycles. The van der Waals surface area contributed by atoms with Gasteiger partial charge in [-0.3, -0.25) is 4.79 Å². The summed E-state index contributed by atoms with van der Waals surface area (Å²) in [5.41, 5.74) is -0.0341. The van der Waals surface area contributed by atoms with E-state index in [0.29, 0.717) is 24.1 Å². The number of nitrogens with one attached hydrogen (secondary N) is 2. The van der Waals surface area contributed by atoms with E-state index in [2.05, 4.69) is 17.2 Å². The van der Waals surface area contributed by atoms with Crippen molar-refractivity contribution in [3.63, 3.8) is 0 Å². The topological polar surface area (TPSA) is 111 Å². The van der Waals surface area contributed by atoms with Crippen LogP contribution in [0.2, 0.25) is 0 Å². The zero-order valence-electron chi connectivity index (χ0n) is 20.6. The molecule has 0 saturated heterocycles.